The predicted octanol–water partition coefficient (Wildman–Crippen LogP) is 4.75. The molecule has 4 heteroatoms. The summed E-state index contributed by atoms with van der Waals surface area (Å²) in [5, 5.41) is 4.95. The Morgan fingerprint density at radius 3 is 2.54 bits per heavy atom. The van der Waals surface area contributed by atoms with E-state index < -0.39 is 6.10 Å². The molecule has 0 aromatic heterocycles. The van der Waals surface area contributed by atoms with Crippen molar-refractivity contribution in [3.63, 3.8) is 0 Å². The average molecular weight is 377 g/mol. The molecule has 0 aliphatic heterocycles. The number of ether oxygens (including phenoxy) is 2. The molecule has 0 heterocycles. The van der Waals surface area contributed by atoms with E-state index in [0.717, 1.165) is 29.4 Å². The summed E-state index contributed by atoms with van der Waals surface area (Å²) >= 11 is 0. The van der Waals surface area contributed by atoms with E-state index in [1.165, 1.54) is 5.56 Å². The first-order valence-electron chi connectivity index (χ1n) is 9.81. The number of rotatable bonds is 9. The third kappa shape index (κ3) is 5.26. The second-order valence-electron chi connectivity index (χ2n) is 6.77. The first-order valence-corrected chi connectivity index (χ1v) is 9.81. The maximum Gasteiger partial charge on any atom is 0.260 e. The highest BCUT2D eigenvalue weighted by Crippen LogP contribution is 2.26. The van der Waals surface area contributed by atoms with Gasteiger partial charge in [0.15, 0.2) is 6.10 Å². The molecule has 3 aromatic rings. The molecule has 0 bridgehead atoms. The van der Waals surface area contributed by atoms with Gasteiger partial charge in [-0.05, 0) is 42.5 Å². The van der Waals surface area contributed by atoms with Crippen LogP contribution in [0.5, 0.6) is 11.5 Å². The standard InChI is InChI=1S/C24H27NO3/c1-3-7-19-12-14-21(15-13-19)27-17-16-25-24(26)18(2)28-23-11-6-9-20-8-4-5-10-22(20)23/h4-6,8-15,18H,3,7,16-17H2,1-2H3,(H,25,26)/t18-/m1/s1. The number of amides is 1. The number of aryl methyl sites for hydroxylation is 1. The number of hydrogen-bond acceptors (Lipinski definition) is 3. The van der Waals surface area contributed by atoms with Gasteiger partial charge in [0.25, 0.3) is 5.91 Å². The van der Waals surface area contributed by atoms with Gasteiger partial charge in [-0.2, -0.15) is 0 Å². The van der Waals surface area contributed by atoms with E-state index in [1.807, 2.05) is 54.6 Å². The summed E-state index contributed by atoms with van der Waals surface area (Å²) in [7, 11) is 0. The van der Waals surface area contributed by atoms with E-state index in [-0.39, 0.29) is 5.91 Å². The summed E-state index contributed by atoms with van der Waals surface area (Å²) in [4.78, 5) is 12.3. The van der Waals surface area contributed by atoms with Crippen molar-refractivity contribution < 1.29 is 14.3 Å². The van der Waals surface area contributed by atoms with Crippen molar-refractivity contribution in [2.24, 2.45) is 0 Å². The molecule has 0 fully saturated rings. The molecule has 146 valence electrons. The molecule has 3 aromatic carbocycles. The number of carbonyl (C=O) groups is 1. The highest BCUT2D eigenvalue weighted by molar-refractivity contribution is 5.89. The molecule has 1 N–H and O–H groups in total. The zero-order chi connectivity index (χ0) is 19.8. The first kappa shape index (κ1) is 19.7. The Labute approximate surface area is 166 Å². The van der Waals surface area contributed by atoms with Crippen molar-refractivity contribution in [3.05, 3.63) is 72.3 Å². The molecule has 0 saturated carbocycles. The van der Waals surface area contributed by atoms with Gasteiger partial charge in [0.2, 0.25) is 0 Å². The molecule has 0 saturated heterocycles. The van der Waals surface area contributed by atoms with Crippen LogP contribution in [0.1, 0.15) is 25.8 Å². The Hall–Kier alpha value is -3.01. The van der Waals surface area contributed by atoms with Gasteiger partial charge >= 0.3 is 0 Å². The third-order valence-electron chi connectivity index (χ3n) is 4.55. The van der Waals surface area contributed by atoms with Crippen LogP contribution in [0.15, 0.2) is 66.7 Å². The van der Waals surface area contributed by atoms with Gasteiger partial charge in [-0.25, -0.2) is 0 Å². The largest absolute Gasteiger partial charge is 0.492 e. The molecule has 0 radical (unpaired) electrons. The first-order chi connectivity index (χ1) is 13.7. The third-order valence-corrected chi connectivity index (χ3v) is 4.55. The van der Waals surface area contributed by atoms with Crippen molar-refractivity contribution in [1.29, 1.82) is 0 Å². The van der Waals surface area contributed by atoms with Crippen molar-refractivity contribution >= 4 is 16.7 Å². The molecular weight excluding hydrogens is 350 g/mol. The maximum atomic E-state index is 12.3. The summed E-state index contributed by atoms with van der Waals surface area (Å²) in [5.41, 5.74) is 1.31. The van der Waals surface area contributed by atoms with E-state index >= 15 is 0 Å². The van der Waals surface area contributed by atoms with Gasteiger partial charge in [0.1, 0.15) is 18.1 Å². The molecular formula is C24H27NO3. The van der Waals surface area contributed by atoms with Crippen LogP contribution in [-0.2, 0) is 11.2 Å². The van der Waals surface area contributed by atoms with Crippen molar-refractivity contribution in [2.75, 3.05) is 13.2 Å². The quantitative estimate of drug-likeness (QED) is 0.547. The fourth-order valence-electron chi connectivity index (χ4n) is 3.07. The maximum absolute atomic E-state index is 12.3. The lowest BCUT2D eigenvalue weighted by Crippen LogP contribution is -2.38. The summed E-state index contributed by atoms with van der Waals surface area (Å²) in [6.07, 6.45) is 1.62. The fraction of sp³-hybridized carbons (Fsp3) is 0.292. The summed E-state index contributed by atoms with van der Waals surface area (Å²) in [6.45, 7) is 4.77. The highest BCUT2D eigenvalue weighted by atomic mass is 16.5. The van der Waals surface area contributed by atoms with Crippen LogP contribution < -0.4 is 14.8 Å². The van der Waals surface area contributed by atoms with Gasteiger partial charge < -0.3 is 14.8 Å². The Morgan fingerprint density at radius 2 is 1.75 bits per heavy atom. The normalized spacial score (nSPS) is 11.8. The Morgan fingerprint density at radius 1 is 1.00 bits per heavy atom. The number of benzene rings is 3. The Kier molecular flexibility index (Phi) is 6.90. The van der Waals surface area contributed by atoms with Crippen molar-refractivity contribution in [3.8, 4) is 11.5 Å². The van der Waals surface area contributed by atoms with Crippen LogP contribution in [0.2, 0.25) is 0 Å². The second-order valence-corrected chi connectivity index (χ2v) is 6.77. The minimum Gasteiger partial charge on any atom is -0.492 e. The van der Waals surface area contributed by atoms with Gasteiger partial charge in [-0.3, -0.25) is 4.79 Å². The van der Waals surface area contributed by atoms with Crippen LogP contribution in [0.4, 0.5) is 0 Å². The SMILES string of the molecule is CCCc1ccc(OCCNC(=O)[C@@H](C)Oc2cccc3ccccc23)cc1. The number of nitrogens with one attached hydrogen (secondary N) is 1. The summed E-state index contributed by atoms with van der Waals surface area (Å²) in [5.74, 6) is 1.37. The van der Waals surface area contributed by atoms with Crippen LogP contribution in [0.3, 0.4) is 0 Å². The van der Waals surface area contributed by atoms with Gasteiger partial charge in [0.05, 0.1) is 6.54 Å². The van der Waals surface area contributed by atoms with Crippen LogP contribution in [0.25, 0.3) is 10.8 Å². The topological polar surface area (TPSA) is 47.6 Å². The minimum atomic E-state index is -0.584. The summed E-state index contributed by atoms with van der Waals surface area (Å²) in [6, 6.07) is 21.9. The highest BCUT2D eigenvalue weighted by Gasteiger charge is 2.15. The number of carbonyl (C=O) groups excluding carboxylic acids is 1. The van der Waals surface area contributed by atoms with Crippen LogP contribution in [0, 0.1) is 0 Å². The zero-order valence-electron chi connectivity index (χ0n) is 16.5. The number of fused-ring (bicyclic) bond motifs is 1. The molecule has 3 rings (SSSR count). The lowest BCUT2D eigenvalue weighted by molar-refractivity contribution is -0.127. The van der Waals surface area contributed by atoms with Crippen molar-refractivity contribution in [2.45, 2.75) is 32.8 Å². The predicted molar refractivity (Wildman–Crippen MR) is 113 cm³/mol. The monoisotopic (exact) mass is 377 g/mol. The van der Waals surface area contributed by atoms with Gasteiger partial charge in [-0.15, -0.1) is 0 Å². The molecule has 1 amide bonds. The average Bonchev–Trinajstić information content (AvgIpc) is 2.72. The zero-order valence-corrected chi connectivity index (χ0v) is 16.5. The lowest BCUT2D eigenvalue weighted by Gasteiger charge is -2.16. The van der Waals surface area contributed by atoms with E-state index in [4.69, 9.17) is 9.47 Å². The number of hydrogen-bond donors (Lipinski definition) is 1. The van der Waals surface area contributed by atoms with Gasteiger partial charge in [-0.1, -0.05) is 61.9 Å². The molecule has 28 heavy (non-hydrogen) atoms. The molecule has 4 nitrogen and oxygen atoms in total. The fourth-order valence-corrected chi connectivity index (χ4v) is 3.07. The molecule has 0 spiro atoms. The Balaban J connectivity index is 1.45. The molecule has 0 unspecified atom stereocenters. The van der Waals surface area contributed by atoms with Crippen LogP contribution >= 0.6 is 0 Å². The van der Waals surface area contributed by atoms with E-state index in [0.29, 0.717) is 18.9 Å². The van der Waals surface area contributed by atoms with Gasteiger partial charge in [0, 0.05) is 5.39 Å². The smallest absolute Gasteiger partial charge is 0.260 e. The molecule has 1 atom stereocenters. The van der Waals surface area contributed by atoms with E-state index in [9.17, 15) is 4.79 Å². The molecule has 0 aliphatic rings. The minimum absolute atomic E-state index is 0.158. The van der Waals surface area contributed by atoms with E-state index in [1.54, 1.807) is 6.92 Å². The molecule has 0 aliphatic carbocycles. The summed E-state index contributed by atoms with van der Waals surface area (Å²) < 4.78 is 11.6. The van der Waals surface area contributed by atoms with E-state index in [2.05, 4.69) is 24.4 Å². The van der Waals surface area contributed by atoms with Crippen molar-refractivity contribution in [1.82, 2.24) is 5.32 Å². The Bertz CT molecular complexity index is 900. The van der Waals surface area contributed by atoms with Crippen LogP contribution in [-0.4, -0.2) is 25.2 Å². The second kappa shape index (κ2) is 9.79. The lowest BCUT2D eigenvalue weighted by atomic mass is 10.1.